The highest BCUT2D eigenvalue weighted by Crippen LogP contribution is 2.46. The van der Waals surface area contributed by atoms with Crippen LogP contribution in [-0.4, -0.2) is 17.8 Å². The molecule has 6 nitrogen and oxygen atoms in total. The fraction of sp³-hybridized carbons (Fsp3) is 0.286. The van der Waals surface area contributed by atoms with Crippen molar-refractivity contribution in [3.05, 3.63) is 28.8 Å². The molecule has 21 heavy (non-hydrogen) atoms. The van der Waals surface area contributed by atoms with E-state index in [-0.39, 0.29) is 16.3 Å². The number of carbonyl (C=O) groups is 3. The summed E-state index contributed by atoms with van der Waals surface area (Å²) in [5, 5.41) is 11.3. The minimum atomic E-state index is -1.17. The lowest BCUT2D eigenvalue weighted by molar-refractivity contribution is -0.148. The average Bonchev–Trinajstić information content (AvgIpc) is 2.38. The van der Waals surface area contributed by atoms with E-state index in [9.17, 15) is 14.4 Å². The van der Waals surface area contributed by atoms with Gasteiger partial charge in [0, 0.05) is 0 Å². The number of nitriles is 1. The minimum absolute atomic E-state index is 0.122. The molecule has 1 aromatic carbocycles. The van der Waals surface area contributed by atoms with Crippen LogP contribution in [-0.2, 0) is 9.59 Å². The predicted octanol–water partition coefficient (Wildman–Crippen LogP) is 1.96. The molecule has 0 aromatic heterocycles. The molecule has 0 unspecified atom stereocenters. The Kier molecular flexibility index (Phi) is 2.96. The van der Waals surface area contributed by atoms with Crippen LogP contribution in [0.1, 0.15) is 24.8 Å². The molecule has 1 saturated carbocycles. The van der Waals surface area contributed by atoms with Gasteiger partial charge in [0.1, 0.15) is 5.41 Å². The van der Waals surface area contributed by atoms with Crippen LogP contribution in [0.3, 0.4) is 0 Å². The molecule has 1 spiro atoms. The van der Waals surface area contributed by atoms with Crippen LogP contribution >= 0.6 is 11.6 Å². The van der Waals surface area contributed by atoms with Crippen molar-refractivity contribution in [2.75, 3.05) is 4.90 Å². The van der Waals surface area contributed by atoms with E-state index in [4.69, 9.17) is 16.9 Å². The second-order valence-electron chi connectivity index (χ2n) is 5.11. The Balaban J connectivity index is 2.09. The van der Waals surface area contributed by atoms with E-state index in [2.05, 4.69) is 5.32 Å². The largest absolute Gasteiger partial charge is 0.335 e. The Bertz CT molecular complexity index is 719. The molecule has 0 radical (unpaired) electrons. The van der Waals surface area contributed by atoms with Crippen molar-refractivity contribution >= 4 is 35.1 Å². The summed E-state index contributed by atoms with van der Waals surface area (Å²) in [5.41, 5.74) is -0.772. The molecule has 1 N–H and O–H groups in total. The molecule has 4 amide bonds. The number of nitrogens with one attached hydrogen (secondary N) is 1. The van der Waals surface area contributed by atoms with Gasteiger partial charge < -0.3 is 0 Å². The Morgan fingerprint density at radius 1 is 1.29 bits per heavy atom. The molecular formula is C14H10ClN3O3. The van der Waals surface area contributed by atoms with Crippen LogP contribution < -0.4 is 10.2 Å². The van der Waals surface area contributed by atoms with Gasteiger partial charge >= 0.3 is 6.03 Å². The lowest BCUT2D eigenvalue weighted by atomic mass is 9.66. The first-order valence-corrected chi connectivity index (χ1v) is 6.77. The first kappa shape index (κ1) is 13.6. The zero-order valence-electron chi connectivity index (χ0n) is 10.9. The third-order valence-corrected chi connectivity index (χ3v) is 4.31. The third-order valence-electron chi connectivity index (χ3n) is 3.99. The molecular weight excluding hydrogens is 294 g/mol. The second-order valence-corrected chi connectivity index (χ2v) is 5.52. The van der Waals surface area contributed by atoms with Crippen molar-refractivity contribution in [3.8, 4) is 6.07 Å². The van der Waals surface area contributed by atoms with Crippen LogP contribution in [0.15, 0.2) is 18.2 Å². The van der Waals surface area contributed by atoms with E-state index in [0.717, 1.165) is 11.3 Å². The average molecular weight is 304 g/mol. The number of benzene rings is 1. The smallest absolute Gasteiger partial charge is 0.276 e. The van der Waals surface area contributed by atoms with Gasteiger partial charge in [-0.05, 0) is 31.0 Å². The number of barbiturate groups is 1. The zero-order chi connectivity index (χ0) is 15.2. The van der Waals surface area contributed by atoms with E-state index in [0.29, 0.717) is 12.8 Å². The molecule has 1 aromatic rings. The van der Waals surface area contributed by atoms with Crippen molar-refractivity contribution in [2.45, 2.75) is 19.3 Å². The van der Waals surface area contributed by atoms with Crippen LogP contribution in [0.25, 0.3) is 0 Å². The van der Waals surface area contributed by atoms with Crippen LogP contribution in [0.4, 0.5) is 10.5 Å². The van der Waals surface area contributed by atoms with Crippen molar-refractivity contribution in [3.63, 3.8) is 0 Å². The quantitative estimate of drug-likeness (QED) is 0.803. The number of urea groups is 1. The van der Waals surface area contributed by atoms with Crippen LogP contribution in [0, 0.1) is 16.7 Å². The van der Waals surface area contributed by atoms with Crippen molar-refractivity contribution in [1.82, 2.24) is 5.32 Å². The van der Waals surface area contributed by atoms with Gasteiger partial charge in [0.25, 0.3) is 5.91 Å². The topological polar surface area (TPSA) is 90.3 Å². The number of amides is 4. The Morgan fingerprint density at radius 3 is 2.57 bits per heavy atom. The molecule has 1 saturated heterocycles. The highest BCUT2D eigenvalue weighted by Gasteiger charge is 2.57. The first-order valence-electron chi connectivity index (χ1n) is 6.39. The Morgan fingerprint density at radius 2 is 2.00 bits per heavy atom. The van der Waals surface area contributed by atoms with E-state index in [1.165, 1.54) is 18.2 Å². The Hall–Kier alpha value is -2.39. The van der Waals surface area contributed by atoms with Gasteiger partial charge in [-0.2, -0.15) is 5.26 Å². The van der Waals surface area contributed by atoms with Gasteiger partial charge in [-0.1, -0.05) is 18.0 Å². The van der Waals surface area contributed by atoms with Crippen LogP contribution in [0.2, 0.25) is 5.02 Å². The maximum absolute atomic E-state index is 12.6. The molecule has 1 aliphatic heterocycles. The highest BCUT2D eigenvalue weighted by molar-refractivity contribution is 6.37. The number of halogens is 1. The highest BCUT2D eigenvalue weighted by atomic mass is 35.5. The van der Waals surface area contributed by atoms with Crippen molar-refractivity contribution in [1.29, 1.82) is 5.26 Å². The summed E-state index contributed by atoms with van der Waals surface area (Å²) in [6.45, 7) is 0. The first-order chi connectivity index (χ1) is 9.99. The maximum Gasteiger partial charge on any atom is 0.335 e. The number of nitrogens with zero attached hydrogens (tertiary/aromatic N) is 2. The zero-order valence-corrected chi connectivity index (χ0v) is 11.6. The summed E-state index contributed by atoms with van der Waals surface area (Å²) >= 11 is 6.04. The fourth-order valence-electron chi connectivity index (χ4n) is 2.62. The number of hydrogen-bond acceptors (Lipinski definition) is 4. The summed E-state index contributed by atoms with van der Waals surface area (Å²) in [5.74, 6) is -1.12. The van der Waals surface area contributed by atoms with E-state index in [1.807, 2.05) is 6.07 Å². The molecule has 7 heteroatoms. The van der Waals surface area contributed by atoms with Crippen molar-refractivity contribution in [2.24, 2.45) is 5.41 Å². The summed E-state index contributed by atoms with van der Waals surface area (Å²) in [6, 6.07) is 5.39. The van der Waals surface area contributed by atoms with Crippen LogP contribution in [0.5, 0.6) is 0 Å². The molecule has 3 rings (SSSR count). The summed E-state index contributed by atoms with van der Waals surface area (Å²) in [6.07, 6.45) is 1.58. The monoisotopic (exact) mass is 303 g/mol. The molecule has 0 atom stereocenters. The molecule has 1 heterocycles. The Labute approximate surface area is 125 Å². The lowest BCUT2D eigenvalue weighted by Crippen LogP contribution is -2.66. The summed E-state index contributed by atoms with van der Waals surface area (Å²) in [7, 11) is 0. The van der Waals surface area contributed by atoms with Gasteiger partial charge in [-0.3, -0.25) is 14.9 Å². The van der Waals surface area contributed by atoms with Gasteiger partial charge in [0.15, 0.2) is 0 Å². The molecule has 0 bridgehead atoms. The number of hydrogen-bond donors (Lipinski definition) is 1. The lowest BCUT2D eigenvalue weighted by Gasteiger charge is -2.44. The summed E-state index contributed by atoms with van der Waals surface area (Å²) < 4.78 is 0. The third kappa shape index (κ3) is 1.82. The number of carbonyl (C=O) groups excluding carboxylic acids is 3. The predicted molar refractivity (Wildman–Crippen MR) is 73.5 cm³/mol. The van der Waals surface area contributed by atoms with E-state index < -0.39 is 23.3 Å². The second kappa shape index (κ2) is 4.57. The number of imide groups is 2. The summed E-state index contributed by atoms with van der Waals surface area (Å²) in [4.78, 5) is 37.4. The van der Waals surface area contributed by atoms with Crippen molar-refractivity contribution < 1.29 is 14.4 Å². The van der Waals surface area contributed by atoms with E-state index >= 15 is 0 Å². The number of anilines is 1. The molecule has 2 fully saturated rings. The number of rotatable bonds is 1. The van der Waals surface area contributed by atoms with Gasteiger partial charge in [0.05, 0.1) is 22.3 Å². The van der Waals surface area contributed by atoms with Gasteiger partial charge in [-0.15, -0.1) is 0 Å². The minimum Gasteiger partial charge on any atom is -0.276 e. The standard InChI is InChI=1S/C14H10ClN3O3/c15-9-3-2-8(7-16)6-10(9)18-12(20)14(4-1-5-14)11(19)17-13(18)21/h2-3,6H,1,4-5H2,(H,17,19,21). The molecule has 2 aliphatic rings. The molecule has 106 valence electrons. The van der Waals surface area contributed by atoms with Gasteiger partial charge in [-0.25, -0.2) is 9.69 Å². The van der Waals surface area contributed by atoms with E-state index in [1.54, 1.807) is 0 Å². The fourth-order valence-corrected chi connectivity index (χ4v) is 2.82. The van der Waals surface area contributed by atoms with Gasteiger partial charge in [0.2, 0.25) is 5.91 Å². The maximum atomic E-state index is 12.6. The normalized spacial score (nSPS) is 20.0. The molecule has 1 aliphatic carbocycles. The SMILES string of the molecule is N#Cc1ccc(Cl)c(N2C(=O)NC(=O)C3(CCC3)C2=O)c1.